The number of rotatable bonds is 4. The Morgan fingerprint density at radius 2 is 1.83 bits per heavy atom. The van der Waals surface area contributed by atoms with Crippen LogP contribution in [0.25, 0.3) is 31.7 Å². The van der Waals surface area contributed by atoms with E-state index >= 15 is 0 Å². The van der Waals surface area contributed by atoms with E-state index in [9.17, 15) is 0 Å². The van der Waals surface area contributed by atoms with Gasteiger partial charge in [0, 0.05) is 11.8 Å². The number of benzene rings is 1. The number of hydrogen-bond donors (Lipinski definition) is 0. The Morgan fingerprint density at radius 1 is 0.958 bits per heavy atom. The van der Waals surface area contributed by atoms with Crippen molar-refractivity contribution in [3.8, 4) is 37.5 Å². The highest BCUT2D eigenvalue weighted by Crippen LogP contribution is 2.41. The van der Waals surface area contributed by atoms with E-state index in [1.54, 1.807) is 29.8 Å². The summed E-state index contributed by atoms with van der Waals surface area (Å²) in [6.07, 6.45) is 1.82. The van der Waals surface area contributed by atoms with Crippen molar-refractivity contribution in [2.24, 2.45) is 0 Å². The molecule has 3 nitrogen and oxygen atoms in total. The fourth-order valence-corrected chi connectivity index (χ4v) is 4.30. The molecule has 0 aliphatic heterocycles. The van der Waals surface area contributed by atoms with E-state index < -0.39 is 0 Å². The molecule has 0 saturated heterocycles. The zero-order valence-corrected chi connectivity index (χ0v) is 14.6. The summed E-state index contributed by atoms with van der Waals surface area (Å²) in [6.45, 7) is 0. The van der Waals surface area contributed by atoms with E-state index in [1.165, 1.54) is 4.88 Å². The monoisotopic (exact) mass is 350 g/mol. The van der Waals surface area contributed by atoms with Crippen molar-refractivity contribution >= 4 is 22.7 Å². The van der Waals surface area contributed by atoms with Crippen LogP contribution in [0.5, 0.6) is 5.75 Å². The van der Waals surface area contributed by atoms with Crippen LogP contribution in [0.4, 0.5) is 0 Å². The summed E-state index contributed by atoms with van der Waals surface area (Å²) in [5.41, 5.74) is 2.98. The second-order valence-electron chi connectivity index (χ2n) is 5.12. The Kier molecular flexibility index (Phi) is 4.11. The molecule has 24 heavy (non-hydrogen) atoms. The zero-order valence-electron chi connectivity index (χ0n) is 13.0. The van der Waals surface area contributed by atoms with Gasteiger partial charge in [-0.15, -0.1) is 22.7 Å². The number of thiazole rings is 1. The lowest BCUT2D eigenvalue weighted by Crippen LogP contribution is -1.86. The lowest BCUT2D eigenvalue weighted by atomic mass is 10.1. The molecule has 0 fully saturated rings. The SMILES string of the molecule is COc1ccc(-c2nc(-c3cccs3)sc2-c2ccccn2)cc1. The zero-order chi connectivity index (χ0) is 16.4. The number of hydrogen-bond acceptors (Lipinski definition) is 5. The standard InChI is InChI=1S/C19H14N2OS2/c1-22-14-9-7-13(8-10-14)17-18(15-5-2-3-11-20-15)24-19(21-17)16-6-4-12-23-16/h2-12H,1H3. The Balaban J connectivity index is 1.87. The summed E-state index contributed by atoms with van der Waals surface area (Å²) in [6, 6.07) is 18.1. The third kappa shape index (κ3) is 2.84. The van der Waals surface area contributed by atoms with Crippen LogP contribution in [0, 0.1) is 0 Å². The van der Waals surface area contributed by atoms with Gasteiger partial charge in [-0.25, -0.2) is 4.98 Å². The second-order valence-corrected chi connectivity index (χ2v) is 7.06. The number of aromatic nitrogens is 2. The Bertz CT molecular complexity index is 929. The summed E-state index contributed by atoms with van der Waals surface area (Å²) in [7, 11) is 1.67. The van der Waals surface area contributed by atoms with Gasteiger partial charge in [0.05, 0.1) is 28.3 Å². The fraction of sp³-hybridized carbons (Fsp3) is 0.0526. The molecule has 0 spiro atoms. The van der Waals surface area contributed by atoms with Crippen molar-refractivity contribution in [3.63, 3.8) is 0 Å². The third-order valence-electron chi connectivity index (χ3n) is 3.62. The molecule has 0 unspecified atom stereocenters. The topological polar surface area (TPSA) is 35.0 Å². The molecular weight excluding hydrogens is 336 g/mol. The summed E-state index contributed by atoms with van der Waals surface area (Å²) in [4.78, 5) is 11.7. The van der Waals surface area contributed by atoms with Crippen molar-refractivity contribution in [1.29, 1.82) is 0 Å². The smallest absolute Gasteiger partial charge is 0.134 e. The molecule has 0 radical (unpaired) electrons. The van der Waals surface area contributed by atoms with Crippen molar-refractivity contribution in [2.45, 2.75) is 0 Å². The van der Waals surface area contributed by atoms with Crippen LogP contribution in [-0.2, 0) is 0 Å². The predicted molar refractivity (Wildman–Crippen MR) is 101 cm³/mol. The van der Waals surface area contributed by atoms with Crippen molar-refractivity contribution < 1.29 is 4.74 Å². The summed E-state index contributed by atoms with van der Waals surface area (Å²) < 4.78 is 5.26. The molecule has 0 atom stereocenters. The number of thiophene rings is 1. The molecule has 3 heterocycles. The average molecular weight is 350 g/mol. The van der Waals surface area contributed by atoms with Crippen LogP contribution in [-0.4, -0.2) is 17.1 Å². The minimum Gasteiger partial charge on any atom is -0.497 e. The van der Waals surface area contributed by atoms with E-state index in [2.05, 4.69) is 22.5 Å². The highest BCUT2D eigenvalue weighted by molar-refractivity contribution is 7.23. The van der Waals surface area contributed by atoms with Crippen molar-refractivity contribution in [3.05, 3.63) is 66.2 Å². The first-order valence-electron chi connectivity index (χ1n) is 7.45. The number of pyridine rings is 1. The molecular formula is C19H14N2OS2. The quantitative estimate of drug-likeness (QED) is 0.480. The maximum atomic E-state index is 5.26. The normalized spacial score (nSPS) is 10.7. The molecule has 0 bridgehead atoms. The molecule has 0 amide bonds. The minimum atomic E-state index is 0.840. The number of nitrogens with zero attached hydrogens (tertiary/aromatic N) is 2. The summed E-state index contributed by atoms with van der Waals surface area (Å²) in [5.74, 6) is 0.840. The van der Waals surface area contributed by atoms with Crippen LogP contribution >= 0.6 is 22.7 Å². The van der Waals surface area contributed by atoms with Gasteiger partial charge in [-0.2, -0.15) is 0 Å². The third-order valence-corrected chi connectivity index (χ3v) is 5.74. The van der Waals surface area contributed by atoms with Gasteiger partial charge in [-0.05, 0) is 47.8 Å². The molecule has 3 aromatic heterocycles. The molecule has 0 aliphatic rings. The molecule has 4 aromatic rings. The highest BCUT2D eigenvalue weighted by atomic mass is 32.1. The summed E-state index contributed by atoms with van der Waals surface area (Å²) in [5, 5.41) is 3.10. The fourth-order valence-electron chi connectivity index (χ4n) is 2.44. The van der Waals surface area contributed by atoms with Crippen LogP contribution in [0.2, 0.25) is 0 Å². The minimum absolute atomic E-state index is 0.840. The van der Waals surface area contributed by atoms with Gasteiger partial charge in [0.2, 0.25) is 0 Å². The van der Waals surface area contributed by atoms with Gasteiger partial charge < -0.3 is 4.74 Å². The number of methoxy groups -OCH3 is 1. The molecule has 0 N–H and O–H groups in total. The first-order chi connectivity index (χ1) is 11.8. The Hall–Kier alpha value is -2.50. The van der Waals surface area contributed by atoms with E-state index in [-0.39, 0.29) is 0 Å². The predicted octanol–water partition coefficient (Wildman–Crippen LogP) is 5.61. The van der Waals surface area contributed by atoms with Gasteiger partial charge in [-0.1, -0.05) is 12.1 Å². The van der Waals surface area contributed by atoms with E-state index in [4.69, 9.17) is 9.72 Å². The largest absolute Gasteiger partial charge is 0.497 e. The van der Waals surface area contributed by atoms with Gasteiger partial charge in [0.25, 0.3) is 0 Å². The highest BCUT2D eigenvalue weighted by Gasteiger charge is 2.17. The molecule has 0 aliphatic carbocycles. The molecule has 1 aromatic carbocycles. The van der Waals surface area contributed by atoms with Crippen molar-refractivity contribution in [2.75, 3.05) is 7.11 Å². The average Bonchev–Trinajstić information content (AvgIpc) is 3.32. The van der Waals surface area contributed by atoms with Gasteiger partial charge in [-0.3, -0.25) is 4.98 Å². The van der Waals surface area contributed by atoms with Gasteiger partial charge in [0.1, 0.15) is 10.8 Å². The maximum absolute atomic E-state index is 5.26. The van der Waals surface area contributed by atoms with E-state index in [1.807, 2.05) is 48.7 Å². The molecule has 118 valence electrons. The summed E-state index contributed by atoms with van der Waals surface area (Å²) >= 11 is 3.38. The first-order valence-corrected chi connectivity index (χ1v) is 9.15. The van der Waals surface area contributed by atoms with Crippen LogP contribution < -0.4 is 4.74 Å². The van der Waals surface area contributed by atoms with E-state index in [0.29, 0.717) is 0 Å². The molecule has 5 heteroatoms. The van der Waals surface area contributed by atoms with Crippen molar-refractivity contribution in [1.82, 2.24) is 9.97 Å². The first kappa shape index (κ1) is 15.1. The Morgan fingerprint density at radius 3 is 2.50 bits per heavy atom. The van der Waals surface area contributed by atoms with Crippen LogP contribution in [0.3, 0.4) is 0 Å². The van der Waals surface area contributed by atoms with Gasteiger partial charge >= 0.3 is 0 Å². The van der Waals surface area contributed by atoms with Crippen LogP contribution in [0.1, 0.15) is 0 Å². The van der Waals surface area contributed by atoms with Gasteiger partial charge in [0.15, 0.2) is 0 Å². The lowest BCUT2D eigenvalue weighted by Gasteiger charge is -2.03. The lowest BCUT2D eigenvalue weighted by molar-refractivity contribution is 0.415. The Labute approximate surface area is 148 Å². The number of ether oxygens (including phenoxy) is 1. The molecule has 4 rings (SSSR count). The maximum Gasteiger partial charge on any atom is 0.134 e. The molecule has 0 saturated carbocycles. The van der Waals surface area contributed by atoms with Crippen LogP contribution in [0.15, 0.2) is 66.2 Å². The van der Waals surface area contributed by atoms with E-state index in [0.717, 1.165) is 32.6 Å². The second kappa shape index (κ2) is 6.55.